The van der Waals surface area contributed by atoms with E-state index >= 15 is 0 Å². The van der Waals surface area contributed by atoms with Crippen LogP contribution in [-0.4, -0.2) is 24.1 Å². The molecule has 1 amide bonds. The van der Waals surface area contributed by atoms with Crippen LogP contribution in [-0.2, 0) is 11.3 Å². The van der Waals surface area contributed by atoms with Crippen LogP contribution < -0.4 is 10.1 Å². The zero-order chi connectivity index (χ0) is 17.5. The van der Waals surface area contributed by atoms with Crippen molar-refractivity contribution in [3.05, 3.63) is 65.2 Å². The number of carbonyl (C=O) groups excluding carboxylic acids is 1. The molecule has 2 N–H and O–H groups in total. The molecule has 0 spiro atoms. The highest BCUT2D eigenvalue weighted by molar-refractivity contribution is 5.87. The largest absolute Gasteiger partial charge is 0.497 e. The first kappa shape index (κ1) is 17.5. The average molecular weight is 327 g/mol. The van der Waals surface area contributed by atoms with Crippen LogP contribution in [0.4, 0.5) is 0 Å². The fourth-order valence-electron chi connectivity index (χ4n) is 2.38. The number of rotatable bonds is 7. The topological polar surface area (TPSA) is 75.6 Å². The highest BCUT2D eigenvalue weighted by Crippen LogP contribution is 2.23. The smallest absolute Gasteiger partial charge is 0.335 e. The zero-order valence-corrected chi connectivity index (χ0v) is 13.8. The van der Waals surface area contributed by atoms with Crippen molar-refractivity contribution >= 4 is 11.9 Å². The van der Waals surface area contributed by atoms with Gasteiger partial charge in [0.1, 0.15) is 5.75 Å². The van der Waals surface area contributed by atoms with Crippen LogP contribution in [0.2, 0.25) is 0 Å². The number of hydrogen-bond donors (Lipinski definition) is 2. The molecule has 0 saturated carbocycles. The Hall–Kier alpha value is -2.82. The number of aromatic carboxylic acids is 1. The first-order valence-corrected chi connectivity index (χ1v) is 7.72. The van der Waals surface area contributed by atoms with Crippen LogP contribution in [0.15, 0.2) is 48.5 Å². The van der Waals surface area contributed by atoms with Gasteiger partial charge in [-0.3, -0.25) is 4.79 Å². The van der Waals surface area contributed by atoms with Gasteiger partial charge in [-0.25, -0.2) is 4.79 Å². The van der Waals surface area contributed by atoms with Crippen LogP contribution in [0.3, 0.4) is 0 Å². The van der Waals surface area contributed by atoms with Gasteiger partial charge in [0, 0.05) is 13.0 Å². The highest BCUT2D eigenvalue weighted by atomic mass is 16.5. The Balaban J connectivity index is 1.87. The number of ether oxygens (including phenoxy) is 1. The Bertz CT molecular complexity index is 710. The Kier molecular flexibility index (Phi) is 5.95. The number of nitrogens with one attached hydrogen (secondary N) is 1. The van der Waals surface area contributed by atoms with Crippen molar-refractivity contribution in [2.24, 2.45) is 0 Å². The molecule has 0 bridgehead atoms. The van der Waals surface area contributed by atoms with Crippen LogP contribution in [0, 0.1) is 0 Å². The second kappa shape index (κ2) is 8.15. The molecule has 0 aliphatic carbocycles. The summed E-state index contributed by atoms with van der Waals surface area (Å²) in [6, 6.07) is 14.2. The predicted molar refractivity (Wildman–Crippen MR) is 91.3 cm³/mol. The van der Waals surface area contributed by atoms with Crippen LogP contribution in [0.5, 0.6) is 5.75 Å². The standard InChI is InChI=1S/C19H21NO4/c1-13(16-4-3-5-17(11-16)24-2)10-18(21)20-12-14-6-8-15(9-7-14)19(22)23/h3-9,11,13H,10,12H2,1-2H3,(H,20,21)(H,22,23). The van der Waals surface area contributed by atoms with Gasteiger partial charge in [-0.05, 0) is 41.3 Å². The molecule has 2 aromatic rings. The molecule has 126 valence electrons. The van der Waals surface area contributed by atoms with Crippen LogP contribution in [0.1, 0.15) is 40.7 Å². The molecule has 2 rings (SSSR count). The third kappa shape index (κ3) is 4.84. The van der Waals surface area contributed by atoms with Gasteiger partial charge in [0.2, 0.25) is 5.91 Å². The lowest BCUT2D eigenvalue weighted by atomic mass is 9.97. The van der Waals surface area contributed by atoms with Crippen molar-refractivity contribution in [1.82, 2.24) is 5.32 Å². The summed E-state index contributed by atoms with van der Waals surface area (Å²) in [5.74, 6) is -0.155. The van der Waals surface area contributed by atoms with E-state index in [2.05, 4.69) is 5.32 Å². The van der Waals surface area contributed by atoms with Gasteiger partial charge in [-0.2, -0.15) is 0 Å². The van der Waals surface area contributed by atoms with E-state index in [0.717, 1.165) is 16.9 Å². The minimum absolute atomic E-state index is 0.0485. The molecule has 0 aliphatic heterocycles. The molecule has 0 saturated heterocycles. The fourth-order valence-corrected chi connectivity index (χ4v) is 2.38. The minimum Gasteiger partial charge on any atom is -0.497 e. The van der Waals surface area contributed by atoms with E-state index < -0.39 is 5.97 Å². The Morgan fingerprint density at radius 2 is 1.88 bits per heavy atom. The summed E-state index contributed by atoms with van der Waals surface area (Å²) in [7, 11) is 1.62. The summed E-state index contributed by atoms with van der Waals surface area (Å²) < 4.78 is 5.20. The Morgan fingerprint density at radius 3 is 2.50 bits per heavy atom. The highest BCUT2D eigenvalue weighted by Gasteiger charge is 2.12. The SMILES string of the molecule is COc1cccc(C(C)CC(=O)NCc2ccc(C(=O)O)cc2)c1. The van der Waals surface area contributed by atoms with Crippen LogP contribution in [0.25, 0.3) is 0 Å². The van der Waals surface area contributed by atoms with Crippen molar-refractivity contribution in [2.75, 3.05) is 7.11 Å². The predicted octanol–water partition coefficient (Wildman–Crippen LogP) is 3.20. The maximum Gasteiger partial charge on any atom is 0.335 e. The molecular formula is C19H21NO4. The number of carboxylic acid groups (broad SMARTS) is 1. The summed E-state index contributed by atoms with van der Waals surface area (Å²) >= 11 is 0. The number of amides is 1. The van der Waals surface area contributed by atoms with Gasteiger partial charge in [0.05, 0.1) is 12.7 Å². The lowest BCUT2D eigenvalue weighted by Gasteiger charge is -2.13. The summed E-state index contributed by atoms with van der Waals surface area (Å²) in [6.45, 7) is 2.37. The number of methoxy groups -OCH3 is 1. The molecule has 2 aromatic carbocycles. The van der Waals surface area contributed by atoms with Crippen molar-refractivity contribution in [3.8, 4) is 5.75 Å². The second-order valence-corrected chi connectivity index (χ2v) is 5.66. The van der Waals surface area contributed by atoms with E-state index in [1.807, 2.05) is 31.2 Å². The number of carboxylic acids is 1. The van der Waals surface area contributed by atoms with Crippen molar-refractivity contribution < 1.29 is 19.4 Å². The molecule has 1 atom stereocenters. The van der Waals surface area contributed by atoms with Crippen LogP contribution >= 0.6 is 0 Å². The fraction of sp³-hybridized carbons (Fsp3) is 0.263. The molecule has 5 heteroatoms. The van der Waals surface area contributed by atoms with E-state index in [9.17, 15) is 9.59 Å². The lowest BCUT2D eigenvalue weighted by Crippen LogP contribution is -2.24. The van der Waals surface area contributed by atoms with E-state index in [1.165, 1.54) is 12.1 Å². The van der Waals surface area contributed by atoms with Gasteiger partial charge in [0.15, 0.2) is 0 Å². The average Bonchev–Trinajstić information content (AvgIpc) is 2.60. The molecule has 24 heavy (non-hydrogen) atoms. The maximum absolute atomic E-state index is 12.1. The summed E-state index contributed by atoms with van der Waals surface area (Å²) in [5.41, 5.74) is 2.15. The monoisotopic (exact) mass is 327 g/mol. The normalized spacial score (nSPS) is 11.6. The molecule has 0 aromatic heterocycles. The minimum atomic E-state index is -0.960. The number of hydrogen-bond acceptors (Lipinski definition) is 3. The van der Waals surface area contributed by atoms with Crippen molar-refractivity contribution in [1.29, 1.82) is 0 Å². The van der Waals surface area contributed by atoms with E-state index in [-0.39, 0.29) is 17.4 Å². The van der Waals surface area contributed by atoms with Gasteiger partial charge in [-0.1, -0.05) is 31.2 Å². The van der Waals surface area contributed by atoms with E-state index in [0.29, 0.717) is 13.0 Å². The third-order valence-electron chi connectivity index (χ3n) is 3.84. The maximum atomic E-state index is 12.1. The lowest BCUT2D eigenvalue weighted by molar-refractivity contribution is -0.121. The molecular weight excluding hydrogens is 306 g/mol. The van der Waals surface area contributed by atoms with Gasteiger partial charge >= 0.3 is 5.97 Å². The van der Waals surface area contributed by atoms with Crippen molar-refractivity contribution in [2.45, 2.75) is 25.8 Å². The van der Waals surface area contributed by atoms with Gasteiger partial charge in [0.25, 0.3) is 0 Å². The summed E-state index contributed by atoms with van der Waals surface area (Å²) in [4.78, 5) is 22.9. The molecule has 5 nitrogen and oxygen atoms in total. The second-order valence-electron chi connectivity index (χ2n) is 5.66. The number of benzene rings is 2. The molecule has 0 fully saturated rings. The summed E-state index contributed by atoms with van der Waals surface area (Å²) in [6.07, 6.45) is 0.375. The van der Waals surface area contributed by atoms with Gasteiger partial charge < -0.3 is 15.2 Å². The van der Waals surface area contributed by atoms with Gasteiger partial charge in [-0.15, -0.1) is 0 Å². The van der Waals surface area contributed by atoms with Crippen molar-refractivity contribution in [3.63, 3.8) is 0 Å². The Morgan fingerprint density at radius 1 is 1.17 bits per heavy atom. The Labute approximate surface area is 141 Å². The quantitative estimate of drug-likeness (QED) is 0.819. The molecule has 0 radical (unpaired) electrons. The third-order valence-corrected chi connectivity index (χ3v) is 3.84. The number of carbonyl (C=O) groups is 2. The first-order valence-electron chi connectivity index (χ1n) is 7.72. The first-order chi connectivity index (χ1) is 11.5. The zero-order valence-electron chi connectivity index (χ0n) is 13.8. The van der Waals surface area contributed by atoms with E-state index in [4.69, 9.17) is 9.84 Å². The molecule has 1 unspecified atom stereocenters. The summed E-state index contributed by atoms with van der Waals surface area (Å²) in [5, 5.41) is 11.7. The molecule has 0 aliphatic rings. The van der Waals surface area contributed by atoms with E-state index in [1.54, 1.807) is 19.2 Å². The molecule has 0 heterocycles.